The maximum atomic E-state index is 11.9. The van der Waals surface area contributed by atoms with Crippen LogP contribution in [0.3, 0.4) is 0 Å². The van der Waals surface area contributed by atoms with Crippen molar-refractivity contribution >= 4 is 34.0 Å². The molecule has 0 atom stereocenters. The number of anilines is 1. The van der Waals surface area contributed by atoms with Crippen molar-refractivity contribution in [3.8, 4) is 0 Å². The minimum atomic E-state index is -0.124. The highest BCUT2D eigenvalue weighted by Crippen LogP contribution is 2.18. The Morgan fingerprint density at radius 3 is 2.88 bits per heavy atom. The fourth-order valence-corrected chi connectivity index (χ4v) is 3.57. The van der Waals surface area contributed by atoms with Crippen LogP contribution in [0.2, 0.25) is 5.15 Å². The molecular weight excluding hydrogens is 350 g/mol. The summed E-state index contributed by atoms with van der Waals surface area (Å²) in [6, 6.07) is 1.61. The first-order valence-corrected chi connectivity index (χ1v) is 9.34. The number of nitrogens with one attached hydrogen (secondary N) is 1. The lowest BCUT2D eigenvalue weighted by molar-refractivity contribution is -0.116. The van der Waals surface area contributed by atoms with E-state index in [-0.39, 0.29) is 12.3 Å². The van der Waals surface area contributed by atoms with Crippen LogP contribution in [0.4, 0.5) is 5.13 Å². The van der Waals surface area contributed by atoms with Crippen LogP contribution in [-0.4, -0.2) is 45.8 Å². The van der Waals surface area contributed by atoms with E-state index >= 15 is 0 Å². The molecule has 130 valence electrons. The standard InChI is InChI=1S/C15H20ClN5O2S/c16-12-10-11(23-20-12)4-5-13(22)17-15-19-18-14(24-15)6-9-21-7-2-1-3-8-21/h10H,1-9H2,(H,17,19,22). The topological polar surface area (TPSA) is 84.2 Å². The Labute approximate surface area is 149 Å². The minimum Gasteiger partial charge on any atom is -0.360 e. The average molecular weight is 370 g/mol. The van der Waals surface area contributed by atoms with E-state index in [0.29, 0.717) is 22.5 Å². The van der Waals surface area contributed by atoms with Gasteiger partial charge in [-0.25, -0.2) is 0 Å². The molecule has 7 nitrogen and oxygen atoms in total. The van der Waals surface area contributed by atoms with Gasteiger partial charge in [0.1, 0.15) is 10.8 Å². The average Bonchev–Trinajstić information content (AvgIpc) is 3.21. The van der Waals surface area contributed by atoms with Gasteiger partial charge in [-0.1, -0.05) is 34.5 Å². The molecule has 0 aliphatic carbocycles. The number of nitrogens with zero attached hydrogens (tertiary/aromatic N) is 4. The first-order valence-electron chi connectivity index (χ1n) is 8.15. The van der Waals surface area contributed by atoms with Gasteiger partial charge in [-0.05, 0) is 25.9 Å². The number of hydrogen-bond donors (Lipinski definition) is 1. The third-order valence-corrected chi connectivity index (χ3v) is 5.01. The fourth-order valence-electron chi connectivity index (χ4n) is 2.67. The molecule has 3 heterocycles. The molecule has 9 heteroatoms. The van der Waals surface area contributed by atoms with Crippen molar-refractivity contribution in [1.82, 2.24) is 20.3 Å². The Morgan fingerprint density at radius 1 is 1.29 bits per heavy atom. The van der Waals surface area contributed by atoms with Crippen LogP contribution in [-0.2, 0) is 17.6 Å². The quantitative estimate of drug-likeness (QED) is 0.807. The second-order valence-corrected chi connectivity index (χ2v) is 7.27. The summed E-state index contributed by atoms with van der Waals surface area (Å²) in [5.74, 6) is 0.468. The second-order valence-electron chi connectivity index (χ2n) is 5.82. The number of carbonyl (C=O) groups is 1. The molecule has 1 fully saturated rings. The predicted molar refractivity (Wildman–Crippen MR) is 92.4 cm³/mol. The SMILES string of the molecule is O=C(CCc1cc(Cl)no1)Nc1nnc(CCN2CCCCC2)s1. The zero-order valence-corrected chi connectivity index (χ0v) is 14.9. The van der Waals surface area contributed by atoms with Gasteiger partial charge < -0.3 is 14.7 Å². The molecule has 24 heavy (non-hydrogen) atoms. The first kappa shape index (κ1) is 17.3. The molecule has 0 spiro atoms. The molecule has 1 saturated heterocycles. The third kappa shape index (κ3) is 5.25. The molecule has 2 aromatic rings. The summed E-state index contributed by atoms with van der Waals surface area (Å²) in [4.78, 5) is 14.4. The van der Waals surface area contributed by atoms with Crippen molar-refractivity contribution in [2.45, 2.75) is 38.5 Å². The van der Waals surface area contributed by atoms with E-state index in [2.05, 4.69) is 25.6 Å². The lowest BCUT2D eigenvalue weighted by Gasteiger charge is -2.25. The minimum absolute atomic E-state index is 0.124. The molecule has 3 rings (SSSR count). The van der Waals surface area contributed by atoms with Crippen molar-refractivity contribution in [1.29, 1.82) is 0 Å². The lowest BCUT2D eigenvalue weighted by Crippen LogP contribution is -2.31. The van der Waals surface area contributed by atoms with Crippen LogP contribution < -0.4 is 5.32 Å². The number of aromatic nitrogens is 3. The Hall–Kier alpha value is -1.51. The number of halogens is 1. The molecule has 0 radical (unpaired) electrons. The third-order valence-electron chi connectivity index (χ3n) is 3.93. The second kappa shape index (κ2) is 8.55. The zero-order valence-electron chi connectivity index (χ0n) is 13.3. The number of rotatable bonds is 7. The highest BCUT2D eigenvalue weighted by atomic mass is 35.5. The molecule has 0 bridgehead atoms. The van der Waals surface area contributed by atoms with E-state index in [0.717, 1.165) is 18.0 Å². The van der Waals surface area contributed by atoms with Crippen LogP contribution in [0.1, 0.15) is 36.5 Å². The van der Waals surface area contributed by atoms with E-state index in [4.69, 9.17) is 16.1 Å². The van der Waals surface area contributed by atoms with Gasteiger partial charge in [0.2, 0.25) is 11.0 Å². The van der Waals surface area contributed by atoms with Gasteiger partial charge in [-0.3, -0.25) is 4.79 Å². The Balaban J connectivity index is 1.40. The van der Waals surface area contributed by atoms with Gasteiger partial charge in [0.15, 0.2) is 5.15 Å². The van der Waals surface area contributed by atoms with E-state index in [9.17, 15) is 4.79 Å². The number of hydrogen-bond acceptors (Lipinski definition) is 7. The lowest BCUT2D eigenvalue weighted by atomic mass is 10.1. The monoisotopic (exact) mass is 369 g/mol. The molecule has 0 aromatic carbocycles. The van der Waals surface area contributed by atoms with Gasteiger partial charge in [0.25, 0.3) is 0 Å². The molecule has 1 N–H and O–H groups in total. The largest absolute Gasteiger partial charge is 0.360 e. The zero-order chi connectivity index (χ0) is 16.8. The summed E-state index contributed by atoms with van der Waals surface area (Å²) in [6.07, 6.45) is 5.53. The maximum Gasteiger partial charge on any atom is 0.226 e. The van der Waals surface area contributed by atoms with Crippen LogP contribution >= 0.6 is 22.9 Å². The van der Waals surface area contributed by atoms with Crippen LogP contribution in [0, 0.1) is 0 Å². The number of amides is 1. The summed E-state index contributed by atoms with van der Waals surface area (Å²) >= 11 is 7.11. The van der Waals surface area contributed by atoms with Crippen molar-refractivity contribution in [2.75, 3.05) is 25.0 Å². The van der Waals surface area contributed by atoms with E-state index in [1.165, 1.54) is 43.7 Å². The molecular formula is C15H20ClN5O2S. The van der Waals surface area contributed by atoms with Crippen LogP contribution in [0.5, 0.6) is 0 Å². The van der Waals surface area contributed by atoms with E-state index < -0.39 is 0 Å². The highest BCUT2D eigenvalue weighted by Gasteiger charge is 2.13. The molecule has 1 aliphatic rings. The number of aryl methyl sites for hydroxylation is 1. The summed E-state index contributed by atoms with van der Waals surface area (Å²) in [5.41, 5.74) is 0. The molecule has 1 amide bonds. The molecule has 0 unspecified atom stereocenters. The predicted octanol–water partition coefficient (Wildman–Crippen LogP) is 2.78. The van der Waals surface area contributed by atoms with Gasteiger partial charge in [0.05, 0.1) is 0 Å². The Bertz CT molecular complexity index is 668. The maximum absolute atomic E-state index is 11.9. The Kier molecular flexibility index (Phi) is 6.17. The molecule has 0 saturated carbocycles. The summed E-state index contributed by atoms with van der Waals surface area (Å²) in [5, 5.41) is 16.3. The van der Waals surface area contributed by atoms with Gasteiger partial charge in [-0.15, -0.1) is 10.2 Å². The smallest absolute Gasteiger partial charge is 0.226 e. The van der Waals surface area contributed by atoms with Crippen molar-refractivity contribution in [3.05, 3.63) is 22.0 Å². The molecule has 1 aliphatic heterocycles. The summed E-state index contributed by atoms with van der Waals surface area (Å²) in [6.45, 7) is 3.36. The van der Waals surface area contributed by atoms with Crippen molar-refractivity contribution in [3.63, 3.8) is 0 Å². The number of carbonyl (C=O) groups excluding carboxylic acids is 1. The summed E-state index contributed by atoms with van der Waals surface area (Å²) < 4.78 is 4.97. The highest BCUT2D eigenvalue weighted by molar-refractivity contribution is 7.15. The van der Waals surface area contributed by atoms with Gasteiger partial charge in [0, 0.05) is 31.9 Å². The van der Waals surface area contributed by atoms with E-state index in [1.54, 1.807) is 6.07 Å². The van der Waals surface area contributed by atoms with Crippen molar-refractivity contribution in [2.24, 2.45) is 0 Å². The van der Waals surface area contributed by atoms with E-state index in [1.807, 2.05) is 0 Å². The van der Waals surface area contributed by atoms with Crippen LogP contribution in [0.15, 0.2) is 10.6 Å². The Morgan fingerprint density at radius 2 is 2.12 bits per heavy atom. The normalized spacial score (nSPS) is 15.5. The number of piperidine rings is 1. The van der Waals surface area contributed by atoms with Gasteiger partial charge in [-0.2, -0.15) is 0 Å². The summed E-state index contributed by atoms with van der Waals surface area (Å²) in [7, 11) is 0. The number of likely N-dealkylation sites (tertiary alicyclic amines) is 1. The van der Waals surface area contributed by atoms with Gasteiger partial charge >= 0.3 is 0 Å². The molecule has 2 aromatic heterocycles. The first-order chi connectivity index (χ1) is 11.7. The fraction of sp³-hybridized carbons (Fsp3) is 0.600. The van der Waals surface area contributed by atoms with Crippen LogP contribution in [0.25, 0.3) is 0 Å². The van der Waals surface area contributed by atoms with Crippen molar-refractivity contribution < 1.29 is 9.32 Å².